The van der Waals surface area contributed by atoms with Gasteiger partial charge in [-0.3, -0.25) is 4.79 Å². The van der Waals surface area contributed by atoms with Gasteiger partial charge in [0.2, 0.25) is 0 Å². The van der Waals surface area contributed by atoms with Crippen molar-refractivity contribution in [3.05, 3.63) is 40.6 Å². The minimum Gasteiger partial charge on any atom is -0.478 e. The van der Waals surface area contributed by atoms with Gasteiger partial charge >= 0.3 is 5.97 Å². The molecule has 0 fully saturated rings. The normalized spacial score (nSPS) is 10.2. The molecule has 0 radical (unpaired) electrons. The van der Waals surface area contributed by atoms with Crippen molar-refractivity contribution in [2.75, 3.05) is 5.73 Å². The first kappa shape index (κ1) is 12.1. The van der Waals surface area contributed by atoms with E-state index in [0.29, 0.717) is 0 Å². The first-order valence-electron chi connectivity index (χ1n) is 4.79. The van der Waals surface area contributed by atoms with Gasteiger partial charge in [-0.1, -0.05) is 0 Å². The number of rotatable bonds is 3. The van der Waals surface area contributed by atoms with E-state index in [1.165, 1.54) is 24.7 Å². The van der Waals surface area contributed by atoms with E-state index in [0.717, 1.165) is 11.8 Å². The predicted molar refractivity (Wildman–Crippen MR) is 64.6 cm³/mol. The number of pyridine rings is 1. The highest BCUT2D eigenvalue weighted by Gasteiger charge is 2.14. The fourth-order valence-corrected chi connectivity index (χ4v) is 2.07. The Kier molecular flexibility index (Phi) is 3.28. The minimum atomic E-state index is -1.10. The lowest BCUT2D eigenvalue weighted by Crippen LogP contribution is -2.13. The SMILES string of the molecule is Nc1c(Sc2ncccc2C(=O)O)nc[nH]c1=O. The molecule has 0 aliphatic carbocycles. The van der Waals surface area contributed by atoms with Crippen LogP contribution < -0.4 is 11.3 Å². The van der Waals surface area contributed by atoms with Crippen molar-refractivity contribution < 1.29 is 9.90 Å². The standard InChI is InChI=1S/C10H8N4O3S/c11-6-7(15)13-4-14-9(6)18-8-5(10(16)17)2-1-3-12-8/h1-4H,11H2,(H,16,17)(H,13,14,15). The molecule has 8 heteroatoms. The third-order valence-corrected chi connectivity index (χ3v) is 3.08. The summed E-state index contributed by atoms with van der Waals surface area (Å²) in [6.45, 7) is 0. The summed E-state index contributed by atoms with van der Waals surface area (Å²) in [6.07, 6.45) is 2.66. The molecule has 7 nitrogen and oxygen atoms in total. The number of nitrogens with zero attached hydrogens (tertiary/aromatic N) is 2. The van der Waals surface area contributed by atoms with Crippen LogP contribution in [0.3, 0.4) is 0 Å². The van der Waals surface area contributed by atoms with Crippen LogP contribution >= 0.6 is 11.8 Å². The number of anilines is 1. The molecule has 0 aliphatic rings. The topological polar surface area (TPSA) is 122 Å². The second-order valence-electron chi connectivity index (χ2n) is 3.21. The van der Waals surface area contributed by atoms with E-state index in [-0.39, 0.29) is 21.3 Å². The maximum atomic E-state index is 11.3. The molecule has 2 rings (SSSR count). The summed E-state index contributed by atoms with van der Waals surface area (Å²) < 4.78 is 0. The number of nitrogen functional groups attached to an aromatic ring is 1. The Morgan fingerprint density at radius 3 is 2.89 bits per heavy atom. The van der Waals surface area contributed by atoms with Crippen molar-refractivity contribution in [3.8, 4) is 0 Å². The van der Waals surface area contributed by atoms with Gasteiger partial charge in [0.1, 0.15) is 15.7 Å². The molecule has 0 bridgehead atoms. The molecule has 92 valence electrons. The molecule has 0 amide bonds. The first-order valence-corrected chi connectivity index (χ1v) is 5.60. The number of aromatic nitrogens is 3. The van der Waals surface area contributed by atoms with Crippen molar-refractivity contribution in [1.82, 2.24) is 15.0 Å². The van der Waals surface area contributed by atoms with E-state index < -0.39 is 11.5 Å². The molecule has 2 aromatic heterocycles. The van der Waals surface area contributed by atoms with Gasteiger partial charge in [0, 0.05) is 6.20 Å². The molecule has 18 heavy (non-hydrogen) atoms. The summed E-state index contributed by atoms with van der Waals surface area (Å²) in [6, 6.07) is 2.93. The number of aromatic carboxylic acids is 1. The van der Waals surface area contributed by atoms with Gasteiger partial charge in [0.05, 0.1) is 11.9 Å². The fraction of sp³-hybridized carbons (Fsp3) is 0. The molecular formula is C10H8N4O3S. The Balaban J connectivity index is 2.43. The van der Waals surface area contributed by atoms with Crippen LogP contribution in [0.5, 0.6) is 0 Å². The summed E-state index contributed by atoms with van der Waals surface area (Å²) >= 11 is 0.935. The van der Waals surface area contributed by atoms with Gasteiger partial charge in [-0.05, 0) is 23.9 Å². The van der Waals surface area contributed by atoms with Gasteiger partial charge in [-0.15, -0.1) is 0 Å². The zero-order valence-electron chi connectivity index (χ0n) is 8.95. The van der Waals surface area contributed by atoms with Crippen LogP contribution in [0, 0.1) is 0 Å². The molecule has 0 aromatic carbocycles. The second-order valence-corrected chi connectivity index (χ2v) is 4.19. The van der Waals surface area contributed by atoms with Crippen molar-refractivity contribution in [1.29, 1.82) is 0 Å². The molecular weight excluding hydrogens is 256 g/mol. The van der Waals surface area contributed by atoms with Gasteiger partial charge in [0.15, 0.2) is 0 Å². The molecule has 2 aromatic rings. The van der Waals surface area contributed by atoms with Crippen LogP contribution in [0.4, 0.5) is 5.69 Å². The van der Waals surface area contributed by atoms with Gasteiger partial charge < -0.3 is 15.8 Å². The summed E-state index contributed by atoms with van der Waals surface area (Å²) in [5.74, 6) is -1.10. The molecule has 0 atom stereocenters. The van der Waals surface area contributed by atoms with Gasteiger partial charge in [-0.25, -0.2) is 14.8 Å². The molecule has 0 saturated carbocycles. The number of H-pyrrole nitrogens is 1. The Bertz CT molecular complexity index is 656. The Labute approximate surface area is 105 Å². The number of aromatic amines is 1. The number of nitrogens with two attached hydrogens (primary N) is 1. The van der Waals surface area contributed by atoms with Crippen molar-refractivity contribution in [2.45, 2.75) is 10.1 Å². The number of carbonyl (C=O) groups is 1. The van der Waals surface area contributed by atoms with Crippen molar-refractivity contribution in [3.63, 3.8) is 0 Å². The zero-order valence-corrected chi connectivity index (χ0v) is 9.77. The quantitative estimate of drug-likeness (QED) is 0.693. The van der Waals surface area contributed by atoms with E-state index in [9.17, 15) is 9.59 Å². The lowest BCUT2D eigenvalue weighted by atomic mass is 10.3. The van der Waals surface area contributed by atoms with E-state index >= 15 is 0 Å². The molecule has 0 unspecified atom stereocenters. The third-order valence-electron chi connectivity index (χ3n) is 2.05. The second kappa shape index (κ2) is 4.88. The number of carboxylic acid groups (broad SMARTS) is 1. The molecule has 0 aliphatic heterocycles. The lowest BCUT2D eigenvalue weighted by molar-refractivity contribution is 0.0692. The highest BCUT2D eigenvalue weighted by atomic mass is 32.2. The summed E-state index contributed by atoms with van der Waals surface area (Å²) in [4.78, 5) is 32.4. The average molecular weight is 264 g/mol. The van der Waals surface area contributed by atoms with Crippen LogP contribution in [-0.2, 0) is 0 Å². The van der Waals surface area contributed by atoms with Crippen molar-refractivity contribution in [2.24, 2.45) is 0 Å². The average Bonchev–Trinajstić information content (AvgIpc) is 2.35. The van der Waals surface area contributed by atoms with Crippen LogP contribution in [-0.4, -0.2) is 26.0 Å². The van der Waals surface area contributed by atoms with Crippen molar-refractivity contribution >= 4 is 23.4 Å². The Hall–Kier alpha value is -2.35. The van der Waals surface area contributed by atoms with Crippen LogP contribution in [0.25, 0.3) is 0 Å². The van der Waals surface area contributed by atoms with Gasteiger partial charge in [-0.2, -0.15) is 0 Å². The number of nitrogens with one attached hydrogen (secondary N) is 1. The maximum absolute atomic E-state index is 11.3. The van der Waals surface area contributed by atoms with E-state index in [1.807, 2.05) is 0 Å². The summed E-state index contributed by atoms with van der Waals surface area (Å²) in [5, 5.41) is 9.45. The number of hydrogen-bond acceptors (Lipinski definition) is 6. The fourth-order valence-electron chi connectivity index (χ4n) is 1.20. The minimum absolute atomic E-state index is 0.0315. The van der Waals surface area contributed by atoms with E-state index in [1.54, 1.807) is 0 Å². The molecule has 0 saturated heterocycles. The van der Waals surface area contributed by atoms with Crippen LogP contribution in [0.1, 0.15) is 10.4 Å². The van der Waals surface area contributed by atoms with Gasteiger partial charge in [0.25, 0.3) is 5.56 Å². The van der Waals surface area contributed by atoms with E-state index in [4.69, 9.17) is 10.8 Å². The number of carboxylic acids is 1. The highest BCUT2D eigenvalue weighted by Crippen LogP contribution is 2.28. The first-order chi connectivity index (χ1) is 8.59. The third kappa shape index (κ3) is 2.33. The molecule has 0 spiro atoms. The maximum Gasteiger partial charge on any atom is 0.338 e. The predicted octanol–water partition coefficient (Wildman–Crippen LogP) is 0.597. The number of hydrogen-bond donors (Lipinski definition) is 3. The lowest BCUT2D eigenvalue weighted by Gasteiger charge is -2.04. The smallest absolute Gasteiger partial charge is 0.338 e. The largest absolute Gasteiger partial charge is 0.478 e. The highest BCUT2D eigenvalue weighted by molar-refractivity contribution is 7.99. The van der Waals surface area contributed by atoms with Crippen LogP contribution in [0.2, 0.25) is 0 Å². The Morgan fingerprint density at radius 1 is 1.39 bits per heavy atom. The van der Waals surface area contributed by atoms with Crippen LogP contribution in [0.15, 0.2) is 39.5 Å². The molecule has 2 heterocycles. The monoisotopic (exact) mass is 264 g/mol. The summed E-state index contributed by atoms with van der Waals surface area (Å²) in [5.41, 5.74) is 5.05. The zero-order chi connectivity index (χ0) is 13.1. The summed E-state index contributed by atoms with van der Waals surface area (Å²) in [7, 11) is 0. The Morgan fingerprint density at radius 2 is 2.17 bits per heavy atom. The van der Waals surface area contributed by atoms with E-state index in [2.05, 4.69) is 15.0 Å². The molecule has 4 N–H and O–H groups in total.